The molecule has 0 aromatic rings. The van der Waals surface area contributed by atoms with Crippen LogP contribution in [0, 0.1) is 0 Å². The molecule has 0 aliphatic rings. The number of carbonyl (C=O) groups excluding carboxylic acids is 1. The van der Waals surface area contributed by atoms with E-state index in [9.17, 15) is 9.59 Å². The number of allylic oxidation sites excluding steroid dienone is 6. The van der Waals surface area contributed by atoms with E-state index < -0.39 is 12.0 Å². The van der Waals surface area contributed by atoms with Gasteiger partial charge in [-0.2, -0.15) is 0 Å². The Morgan fingerprint density at radius 1 is 0.893 bits per heavy atom. The van der Waals surface area contributed by atoms with Crippen molar-refractivity contribution >= 4 is 11.9 Å². The van der Waals surface area contributed by atoms with E-state index in [4.69, 9.17) is 10.8 Å². The first-order valence-corrected chi connectivity index (χ1v) is 10.8. The Kier molecular flexibility index (Phi) is 18.5. The van der Waals surface area contributed by atoms with E-state index in [0.29, 0.717) is 25.8 Å². The first-order chi connectivity index (χ1) is 13.6. The van der Waals surface area contributed by atoms with Gasteiger partial charge < -0.3 is 16.2 Å². The molecule has 0 aromatic heterocycles. The van der Waals surface area contributed by atoms with Gasteiger partial charge in [-0.25, -0.2) is 4.79 Å². The molecule has 1 amide bonds. The van der Waals surface area contributed by atoms with Gasteiger partial charge in [-0.3, -0.25) is 4.79 Å². The minimum absolute atomic E-state index is 0.195. The van der Waals surface area contributed by atoms with E-state index in [2.05, 4.69) is 48.7 Å². The first kappa shape index (κ1) is 26.1. The SMILES string of the molecule is CCCCC/C=C\C/C=C\C/C=C\CCCCC(=O)N[C@@H](CCCN)C(=O)O. The van der Waals surface area contributed by atoms with Gasteiger partial charge in [0, 0.05) is 6.42 Å². The Bertz CT molecular complexity index is 484. The molecule has 160 valence electrons. The monoisotopic (exact) mass is 392 g/mol. The van der Waals surface area contributed by atoms with Crippen molar-refractivity contribution in [2.45, 2.75) is 90.0 Å². The highest BCUT2D eigenvalue weighted by atomic mass is 16.4. The molecular formula is C23H40N2O3. The lowest BCUT2D eigenvalue weighted by Crippen LogP contribution is -2.40. The van der Waals surface area contributed by atoms with Gasteiger partial charge in [0.1, 0.15) is 6.04 Å². The Morgan fingerprint density at radius 2 is 1.46 bits per heavy atom. The van der Waals surface area contributed by atoms with Crippen molar-refractivity contribution in [2.24, 2.45) is 5.73 Å². The summed E-state index contributed by atoms with van der Waals surface area (Å²) in [5, 5.41) is 11.7. The Labute approximate surface area is 171 Å². The lowest BCUT2D eigenvalue weighted by molar-refractivity contribution is -0.142. The molecule has 0 aromatic carbocycles. The highest BCUT2D eigenvalue weighted by molar-refractivity contribution is 5.83. The van der Waals surface area contributed by atoms with E-state index in [1.807, 2.05) is 0 Å². The van der Waals surface area contributed by atoms with E-state index >= 15 is 0 Å². The molecule has 4 N–H and O–H groups in total. The van der Waals surface area contributed by atoms with Gasteiger partial charge in [0.05, 0.1) is 0 Å². The standard InChI is InChI=1S/C23H40N2O3/c1-2-3-4-5-6-7-8-9-10-11-12-13-14-15-16-19-22(26)25-21(23(27)28)18-17-20-24/h6-7,9-10,12-13,21H,2-5,8,11,14-20,24H2,1H3,(H,25,26)(H,27,28)/b7-6-,10-9-,13-12-/t21-/m0/s1. The van der Waals surface area contributed by atoms with E-state index in [1.165, 1.54) is 25.7 Å². The van der Waals surface area contributed by atoms with Crippen LogP contribution in [0.25, 0.3) is 0 Å². The zero-order valence-corrected chi connectivity index (χ0v) is 17.6. The lowest BCUT2D eigenvalue weighted by Gasteiger charge is -2.13. The van der Waals surface area contributed by atoms with Crippen molar-refractivity contribution in [3.05, 3.63) is 36.5 Å². The van der Waals surface area contributed by atoms with Crippen LogP contribution in [0.5, 0.6) is 0 Å². The number of hydrogen-bond donors (Lipinski definition) is 3. The summed E-state index contributed by atoms with van der Waals surface area (Å²) in [6.07, 6.45) is 24.1. The largest absolute Gasteiger partial charge is 0.480 e. The fraction of sp³-hybridized carbons (Fsp3) is 0.652. The van der Waals surface area contributed by atoms with E-state index in [1.54, 1.807) is 0 Å². The minimum atomic E-state index is -0.996. The minimum Gasteiger partial charge on any atom is -0.480 e. The van der Waals surface area contributed by atoms with Crippen molar-refractivity contribution in [1.29, 1.82) is 0 Å². The molecule has 0 radical (unpaired) electrons. The Balaban J connectivity index is 3.66. The summed E-state index contributed by atoms with van der Waals surface area (Å²) < 4.78 is 0. The summed E-state index contributed by atoms with van der Waals surface area (Å²) in [4.78, 5) is 22.9. The van der Waals surface area contributed by atoms with Gasteiger partial charge in [-0.15, -0.1) is 0 Å². The number of nitrogens with one attached hydrogen (secondary N) is 1. The van der Waals surface area contributed by atoms with Crippen LogP contribution < -0.4 is 11.1 Å². The molecule has 0 rings (SSSR count). The van der Waals surface area contributed by atoms with Gasteiger partial charge in [0.2, 0.25) is 5.91 Å². The molecule has 0 saturated heterocycles. The number of rotatable bonds is 18. The molecule has 0 heterocycles. The van der Waals surface area contributed by atoms with Gasteiger partial charge in [-0.05, 0) is 64.3 Å². The summed E-state index contributed by atoms with van der Waals surface area (Å²) in [5.74, 6) is -1.19. The van der Waals surface area contributed by atoms with Crippen molar-refractivity contribution in [2.75, 3.05) is 6.54 Å². The average Bonchev–Trinajstić information content (AvgIpc) is 2.67. The fourth-order valence-corrected chi connectivity index (χ4v) is 2.68. The Hall–Kier alpha value is -1.88. The average molecular weight is 393 g/mol. The molecule has 5 nitrogen and oxygen atoms in total. The molecule has 0 aliphatic carbocycles. The van der Waals surface area contributed by atoms with Crippen LogP contribution in [0.1, 0.15) is 84.0 Å². The third kappa shape index (κ3) is 17.5. The van der Waals surface area contributed by atoms with Crippen molar-refractivity contribution in [3.8, 4) is 0 Å². The summed E-state index contributed by atoms with van der Waals surface area (Å²) in [6.45, 7) is 2.65. The normalized spacial score (nSPS) is 12.9. The fourth-order valence-electron chi connectivity index (χ4n) is 2.68. The third-order valence-electron chi connectivity index (χ3n) is 4.37. The van der Waals surface area contributed by atoms with Gasteiger partial charge in [0.15, 0.2) is 0 Å². The smallest absolute Gasteiger partial charge is 0.326 e. The molecule has 1 atom stereocenters. The van der Waals surface area contributed by atoms with Crippen LogP contribution in [0.2, 0.25) is 0 Å². The second-order valence-corrected chi connectivity index (χ2v) is 7.02. The summed E-state index contributed by atoms with van der Waals surface area (Å²) in [5.41, 5.74) is 5.39. The molecule has 0 unspecified atom stereocenters. The van der Waals surface area contributed by atoms with E-state index in [-0.39, 0.29) is 5.91 Å². The van der Waals surface area contributed by atoms with Crippen molar-refractivity contribution in [1.82, 2.24) is 5.32 Å². The van der Waals surface area contributed by atoms with Crippen LogP contribution in [0.15, 0.2) is 36.5 Å². The maximum atomic E-state index is 11.8. The predicted molar refractivity (Wildman–Crippen MR) is 117 cm³/mol. The zero-order chi connectivity index (χ0) is 20.9. The molecule has 0 spiro atoms. The van der Waals surface area contributed by atoms with Crippen LogP contribution in [0.3, 0.4) is 0 Å². The number of unbranched alkanes of at least 4 members (excludes halogenated alkanes) is 5. The Morgan fingerprint density at radius 3 is 2.00 bits per heavy atom. The summed E-state index contributed by atoms with van der Waals surface area (Å²) >= 11 is 0. The number of carbonyl (C=O) groups is 2. The number of aliphatic carboxylic acids is 1. The summed E-state index contributed by atoms with van der Waals surface area (Å²) in [6, 6.07) is -0.825. The van der Waals surface area contributed by atoms with Gasteiger partial charge in [0.25, 0.3) is 0 Å². The zero-order valence-electron chi connectivity index (χ0n) is 17.6. The maximum Gasteiger partial charge on any atom is 0.326 e. The number of carboxylic acid groups (broad SMARTS) is 1. The molecule has 0 bridgehead atoms. The molecule has 5 heteroatoms. The van der Waals surface area contributed by atoms with Gasteiger partial charge >= 0.3 is 5.97 Å². The quantitative estimate of drug-likeness (QED) is 0.229. The second kappa shape index (κ2) is 19.9. The van der Waals surface area contributed by atoms with Crippen LogP contribution >= 0.6 is 0 Å². The molecule has 0 aliphatic heterocycles. The maximum absolute atomic E-state index is 11.8. The van der Waals surface area contributed by atoms with Crippen LogP contribution in [-0.4, -0.2) is 29.6 Å². The highest BCUT2D eigenvalue weighted by Crippen LogP contribution is 2.04. The predicted octanol–water partition coefficient (Wildman–Crippen LogP) is 4.88. The van der Waals surface area contributed by atoms with Crippen LogP contribution in [-0.2, 0) is 9.59 Å². The molecular weight excluding hydrogens is 352 g/mol. The number of hydrogen-bond acceptors (Lipinski definition) is 3. The highest BCUT2D eigenvalue weighted by Gasteiger charge is 2.18. The first-order valence-electron chi connectivity index (χ1n) is 10.8. The third-order valence-corrected chi connectivity index (χ3v) is 4.37. The van der Waals surface area contributed by atoms with E-state index in [0.717, 1.165) is 32.1 Å². The number of carboxylic acids is 1. The van der Waals surface area contributed by atoms with Crippen molar-refractivity contribution < 1.29 is 14.7 Å². The second-order valence-electron chi connectivity index (χ2n) is 7.02. The number of nitrogens with two attached hydrogens (primary N) is 1. The van der Waals surface area contributed by atoms with Crippen molar-refractivity contribution in [3.63, 3.8) is 0 Å². The topological polar surface area (TPSA) is 92.4 Å². The molecule has 0 fully saturated rings. The van der Waals surface area contributed by atoms with Crippen LogP contribution in [0.4, 0.5) is 0 Å². The molecule has 28 heavy (non-hydrogen) atoms. The summed E-state index contributed by atoms with van der Waals surface area (Å²) in [7, 11) is 0. The van der Waals surface area contributed by atoms with Gasteiger partial charge in [-0.1, -0.05) is 56.2 Å². The lowest BCUT2D eigenvalue weighted by atomic mass is 10.1. The molecule has 0 saturated carbocycles. The number of amides is 1.